The van der Waals surface area contributed by atoms with E-state index in [2.05, 4.69) is 28.5 Å². The summed E-state index contributed by atoms with van der Waals surface area (Å²) >= 11 is 0. The highest BCUT2D eigenvalue weighted by Gasteiger charge is 2.14. The van der Waals surface area contributed by atoms with Crippen LogP contribution in [0.15, 0.2) is 18.2 Å². The number of carbonyl (C=O) groups excluding carboxylic acids is 1. The number of rotatable bonds is 4. The van der Waals surface area contributed by atoms with E-state index in [-0.39, 0.29) is 12.1 Å². The molecule has 1 aliphatic heterocycles. The third-order valence-electron chi connectivity index (χ3n) is 3.84. The Bertz CT molecular complexity index is 461. The number of carbonyl (C=O) groups is 1. The first-order chi connectivity index (χ1) is 10.0. The first-order valence-corrected chi connectivity index (χ1v) is 7.91. The van der Waals surface area contributed by atoms with Gasteiger partial charge in [0.25, 0.3) is 0 Å². The van der Waals surface area contributed by atoms with Gasteiger partial charge >= 0.3 is 6.03 Å². The molecule has 0 radical (unpaired) electrons. The molecule has 2 rings (SSSR count). The highest BCUT2D eigenvalue weighted by Crippen LogP contribution is 2.13. The molecule has 0 spiro atoms. The lowest BCUT2D eigenvalue weighted by molar-refractivity contribution is 0.206. The number of nitrogens with zero attached hydrogens (tertiary/aromatic N) is 1. The molecule has 1 fully saturated rings. The van der Waals surface area contributed by atoms with Crippen LogP contribution in [0.1, 0.15) is 37.3 Å². The van der Waals surface area contributed by atoms with Crippen LogP contribution in [-0.2, 0) is 0 Å². The van der Waals surface area contributed by atoms with Crippen LogP contribution in [0.2, 0.25) is 0 Å². The monoisotopic (exact) mass is 289 g/mol. The number of hydrogen-bond donors (Lipinski definition) is 2. The van der Waals surface area contributed by atoms with Gasteiger partial charge in [0.1, 0.15) is 0 Å². The highest BCUT2D eigenvalue weighted by molar-refractivity contribution is 5.89. The molecular formula is C17H27N3O. The second kappa shape index (κ2) is 7.46. The van der Waals surface area contributed by atoms with Crippen LogP contribution in [0.25, 0.3) is 0 Å². The lowest BCUT2D eigenvalue weighted by Crippen LogP contribution is -2.45. The van der Waals surface area contributed by atoms with Crippen LogP contribution in [0.3, 0.4) is 0 Å². The molecule has 1 aromatic carbocycles. The van der Waals surface area contributed by atoms with E-state index in [9.17, 15) is 4.79 Å². The van der Waals surface area contributed by atoms with Crippen LogP contribution in [0, 0.1) is 13.8 Å². The molecule has 0 aromatic heterocycles. The Kier molecular flexibility index (Phi) is 5.62. The Morgan fingerprint density at radius 1 is 1.14 bits per heavy atom. The van der Waals surface area contributed by atoms with Gasteiger partial charge in [-0.1, -0.05) is 12.5 Å². The smallest absolute Gasteiger partial charge is 0.319 e. The minimum atomic E-state index is -0.121. The molecule has 0 saturated carbocycles. The quantitative estimate of drug-likeness (QED) is 0.893. The lowest BCUT2D eigenvalue weighted by Gasteiger charge is -2.29. The Hall–Kier alpha value is -1.55. The number of amides is 2. The van der Waals surface area contributed by atoms with Gasteiger partial charge in [0.05, 0.1) is 0 Å². The molecular weight excluding hydrogens is 262 g/mol. The number of anilines is 1. The maximum atomic E-state index is 12.0. The fourth-order valence-electron chi connectivity index (χ4n) is 3.01. The van der Waals surface area contributed by atoms with Crippen molar-refractivity contribution in [2.75, 3.05) is 25.0 Å². The molecule has 2 N–H and O–H groups in total. The zero-order chi connectivity index (χ0) is 15.2. The van der Waals surface area contributed by atoms with Crippen LogP contribution in [0.4, 0.5) is 10.5 Å². The van der Waals surface area contributed by atoms with Crippen molar-refractivity contribution in [3.05, 3.63) is 29.3 Å². The minimum Gasteiger partial charge on any atom is -0.334 e. The summed E-state index contributed by atoms with van der Waals surface area (Å²) in [7, 11) is 0. The van der Waals surface area contributed by atoms with Gasteiger partial charge in [0, 0.05) is 18.3 Å². The average molecular weight is 289 g/mol. The summed E-state index contributed by atoms with van der Waals surface area (Å²) in [4.78, 5) is 14.5. The second-order valence-corrected chi connectivity index (χ2v) is 6.24. The summed E-state index contributed by atoms with van der Waals surface area (Å²) in [5.74, 6) is 0. The summed E-state index contributed by atoms with van der Waals surface area (Å²) in [6.45, 7) is 9.38. The van der Waals surface area contributed by atoms with Crippen LogP contribution >= 0.6 is 0 Å². The number of urea groups is 1. The van der Waals surface area contributed by atoms with Crippen molar-refractivity contribution in [3.8, 4) is 0 Å². The predicted octanol–water partition coefficient (Wildman–Crippen LogP) is 3.30. The molecule has 1 aliphatic rings. The van der Waals surface area contributed by atoms with E-state index in [1.807, 2.05) is 26.0 Å². The maximum Gasteiger partial charge on any atom is 0.319 e. The fraction of sp³-hybridized carbons (Fsp3) is 0.588. The molecule has 1 aromatic rings. The minimum absolute atomic E-state index is 0.121. The zero-order valence-electron chi connectivity index (χ0n) is 13.4. The lowest BCUT2D eigenvalue weighted by atomic mass is 10.1. The molecule has 2 amide bonds. The van der Waals surface area contributed by atoms with Gasteiger partial charge in [-0.25, -0.2) is 4.79 Å². The number of benzene rings is 1. The predicted molar refractivity (Wildman–Crippen MR) is 87.8 cm³/mol. The highest BCUT2D eigenvalue weighted by atomic mass is 16.2. The number of likely N-dealkylation sites (tertiary alicyclic amines) is 1. The van der Waals surface area contributed by atoms with E-state index in [1.165, 1.54) is 19.3 Å². The fourth-order valence-corrected chi connectivity index (χ4v) is 3.01. The zero-order valence-corrected chi connectivity index (χ0v) is 13.4. The molecule has 0 bridgehead atoms. The van der Waals surface area contributed by atoms with E-state index in [0.717, 1.165) is 36.4 Å². The van der Waals surface area contributed by atoms with Gasteiger partial charge in [-0.15, -0.1) is 0 Å². The van der Waals surface area contributed by atoms with Crippen LogP contribution in [-0.4, -0.2) is 36.6 Å². The molecule has 1 atom stereocenters. The van der Waals surface area contributed by atoms with E-state index in [4.69, 9.17) is 0 Å². The Morgan fingerprint density at radius 2 is 1.76 bits per heavy atom. The van der Waals surface area contributed by atoms with E-state index in [1.54, 1.807) is 0 Å². The van der Waals surface area contributed by atoms with Crippen molar-refractivity contribution in [2.24, 2.45) is 0 Å². The maximum absolute atomic E-state index is 12.0. The van der Waals surface area contributed by atoms with E-state index < -0.39 is 0 Å². The van der Waals surface area contributed by atoms with Gasteiger partial charge in [0.15, 0.2) is 0 Å². The Morgan fingerprint density at radius 3 is 2.38 bits per heavy atom. The molecule has 116 valence electrons. The number of aryl methyl sites for hydroxylation is 2. The number of piperidine rings is 1. The third kappa shape index (κ3) is 5.38. The normalized spacial score (nSPS) is 17.3. The first-order valence-electron chi connectivity index (χ1n) is 7.91. The summed E-state index contributed by atoms with van der Waals surface area (Å²) in [5, 5.41) is 5.95. The summed E-state index contributed by atoms with van der Waals surface area (Å²) in [6, 6.07) is 6.12. The molecule has 0 aliphatic carbocycles. The van der Waals surface area contributed by atoms with Crippen molar-refractivity contribution in [1.82, 2.24) is 10.2 Å². The molecule has 21 heavy (non-hydrogen) atoms. The van der Waals surface area contributed by atoms with Gasteiger partial charge in [-0.2, -0.15) is 0 Å². The van der Waals surface area contributed by atoms with Crippen molar-refractivity contribution < 1.29 is 4.79 Å². The van der Waals surface area contributed by atoms with Crippen molar-refractivity contribution in [2.45, 2.75) is 46.1 Å². The molecule has 0 unspecified atom stereocenters. The second-order valence-electron chi connectivity index (χ2n) is 6.24. The number of hydrogen-bond acceptors (Lipinski definition) is 2. The average Bonchev–Trinajstić information content (AvgIpc) is 2.37. The largest absolute Gasteiger partial charge is 0.334 e. The summed E-state index contributed by atoms with van der Waals surface area (Å²) in [5.41, 5.74) is 3.17. The van der Waals surface area contributed by atoms with Crippen LogP contribution in [0.5, 0.6) is 0 Å². The molecule has 4 nitrogen and oxygen atoms in total. The Labute approximate surface area is 127 Å². The van der Waals surface area contributed by atoms with E-state index >= 15 is 0 Å². The number of nitrogens with one attached hydrogen (secondary N) is 2. The van der Waals surface area contributed by atoms with Gasteiger partial charge in [0.2, 0.25) is 0 Å². The van der Waals surface area contributed by atoms with Gasteiger partial charge in [-0.05, 0) is 70.0 Å². The topological polar surface area (TPSA) is 44.4 Å². The van der Waals surface area contributed by atoms with Gasteiger partial charge in [-0.3, -0.25) is 0 Å². The summed E-state index contributed by atoms with van der Waals surface area (Å²) < 4.78 is 0. The third-order valence-corrected chi connectivity index (χ3v) is 3.84. The van der Waals surface area contributed by atoms with Crippen molar-refractivity contribution >= 4 is 11.7 Å². The van der Waals surface area contributed by atoms with Crippen LogP contribution < -0.4 is 10.6 Å². The Balaban J connectivity index is 1.80. The molecule has 4 heteroatoms. The molecule has 1 heterocycles. The standard InChI is InChI=1S/C17H27N3O/c1-13-9-14(2)11-16(10-13)19-17(21)18-15(3)12-20-7-5-4-6-8-20/h9-11,15H,4-8,12H2,1-3H3,(H2,18,19,21)/t15-/m1/s1. The van der Waals surface area contributed by atoms with Crippen molar-refractivity contribution in [3.63, 3.8) is 0 Å². The first kappa shape index (κ1) is 15.8. The van der Waals surface area contributed by atoms with E-state index in [0.29, 0.717) is 0 Å². The molecule has 1 saturated heterocycles. The van der Waals surface area contributed by atoms with Gasteiger partial charge < -0.3 is 15.5 Å². The SMILES string of the molecule is Cc1cc(C)cc(NC(=O)N[C@H](C)CN2CCCCC2)c1. The summed E-state index contributed by atoms with van der Waals surface area (Å²) in [6.07, 6.45) is 3.90. The van der Waals surface area contributed by atoms with Crippen molar-refractivity contribution in [1.29, 1.82) is 0 Å².